The first-order chi connectivity index (χ1) is 9.24. The van der Waals surface area contributed by atoms with Gasteiger partial charge in [-0.2, -0.15) is 0 Å². The molecule has 0 heterocycles. The molecule has 0 unspecified atom stereocenters. The van der Waals surface area contributed by atoms with Crippen LogP contribution in [0, 0.1) is 5.41 Å². The first kappa shape index (κ1) is 14.8. The molecule has 2 rings (SSSR count). The topological polar surface area (TPSA) is 17.1 Å². The van der Waals surface area contributed by atoms with E-state index in [9.17, 15) is 4.79 Å². The van der Waals surface area contributed by atoms with Crippen LogP contribution in [0.25, 0.3) is 0 Å². The monoisotopic (exact) mass is 262 g/mol. The van der Waals surface area contributed by atoms with Crippen LogP contribution in [-0.2, 0) is 4.79 Å². The predicted octanol–water partition coefficient (Wildman–Crippen LogP) is 5.59. The molecule has 0 aliphatic heterocycles. The molecule has 0 N–H and O–H groups in total. The molecule has 2 aliphatic rings. The average Bonchev–Trinajstić information content (AvgIpc) is 2.45. The average molecular weight is 262 g/mol. The lowest BCUT2D eigenvalue weighted by Gasteiger charge is -2.42. The van der Waals surface area contributed by atoms with Crippen molar-refractivity contribution in [1.29, 1.82) is 0 Å². The Labute approximate surface area is 118 Å². The molecule has 108 valence electrons. The van der Waals surface area contributed by atoms with Gasteiger partial charge in [0.2, 0.25) is 0 Å². The third-order valence-corrected chi connectivity index (χ3v) is 5.26. The molecule has 0 saturated heterocycles. The summed E-state index contributed by atoms with van der Waals surface area (Å²) in [5.74, 6) is 0.579. The number of ketones is 1. The summed E-state index contributed by atoms with van der Waals surface area (Å²) in [6.45, 7) is 4.49. The summed E-state index contributed by atoms with van der Waals surface area (Å²) in [6.07, 6.45) is 14.2. The summed E-state index contributed by atoms with van der Waals surface area (Å²) in [4.78, 5) is 12.7. The first-order valence-corrected chi connectivity index (χ1v) is 8.49. The first-order valence-electron chi connectivity index (χ1n) is 8.49. The molecule has 0 fully saturated rings. The Balaban J connectivity index is 2.31. The van der Waals surface area contributed by atoms with Gasteiger partial charge in [0, 0.05) is 6.42 Å². The number of carbonyl (C=O) groups is 1. The van der Waals surface area contributed by atoms with Crippen LogP contribution < -0.4 is 0 Å². The number of rotatable bonds is 6. The fourth-order valence-corrected chi connectivity index (χ4v) is 4.16. The maximum absolute atomic E-state index is 12.7. The molecule has 1 nitrogen and oxygen atoms in total. The van der Waals surface area contributed by atoms with E-state index in [1.54, 1.807) is 11.1 Å². The summed E-state index contributed by atoms with van der Waals surface area (Å²) < 4.78 is 0. The third kappa shape index (κ3) is 2.95. The van der Waals surface area contributed by atoms with Gasteiger partial charge in [0.25, 0.3) is 0 Å². The van der Waals surface area contributed by atoms with Crippen molar-refractivity contribution in [3.8, 4) is 0 Å². The molecule has 0 spiro atoms. The summed E-state index contributed by atoms with van der Waals surface area (Å²) in [7, 11) is 0. The van der Waals surface area contributed by atoms with Crippen molar-refractivity contribution in [3.05, 3.63) is 11.1 Å². The Hall–Kier alpha value is -0.590. The highest BCUT2D eigenvalue weighted by molar-refractivity contribution is 5.89. The van der Waals surface area contributed by atoms with Gasteiger partial charge in [-0.15, -0.1) is 0 Å². The Bertz CT molecular complexity index is 343. The normalized spacial score (nSPS) is 22.5. The number of Topliss-reactive ketones (excluding diaryl/α,β-unsaturated/α-hetero) is 1. The van der Waals surface area contributed by atoms with Crippen LogP contribution in [0.2, 0.25) is 0 Å². The molecule has 2 aliphatic carbocycles. The lowest BCUT2D eigenvalue weighted by Crippen LogP contribution is -2.38. The number of hydrogen-bond acceptors (Lipinski definition) is 1. The zero-order chi connectivity index (χ0) is 13.7. The van der Waals surface area contributed by atoms with E-state index in [1.165, 1.54) is 51.4 Å². The van der Waals surface area contributed by atoms with E-state index in [4.69, 9.17) is 0 Å². The molecule has 0 saturated carbocycles. The van der Waals surface area contributed by atoms with Crippen molar-refractivity contribution in [1.82, 2.24) is 0 Å². The number of hydrogen-bond donors (Lipinski definition) is 0. The number of carbonyl (C=O) groups excluding carboxylic acids is 1. The lowest BCUT2D eigenvalue weighted by molar-refractivity contribution is -0.128. The number of allylic oxidation sites excluding steroid dienone is 2. The largest absolute Gasteiger partial charge is 0.299 e. The molecule has 0 radical (unpaired) electrons. The van der Waals surface area contributed by atoms with Crippen molar-refractivity contribution in [2.24, 2.45) is 5.41 Å². The van der Waals surface area contributed by atoms with E-state index >= 15 is 0 Å². The lowest BCUT2D eigenvalue weighted by atomic mass is 9.61. The minimum atomic E-state index is -0.0278. The van der Waals surface area contributed by atoms with Crippen molar-refractivity contribution in [3.63, 3.8) is 0 Å². The van der Waals surface area contributed by atoms with Gasteiger partial charge in [-0.05, 0) is 44.9 Å². The molecule has 0 aromatic heterocycles. The molecule has 19 heavy (non-hydrogen) atoms. The van der Waals surface area contributed by atoms with E-state index < -0.39 is 0 Å². The van der Waals surface area contributed by atoms with Gasteiger partial charge in [-0.3, -0.25) is 4.79 Å². The molecule has 1 heteroatoms. The van der Waals surface area contributed by atoms with Gasteiger partial charge in [-0.1, -0.05) is 50.7 Å². The summed E-state index contributed by atoms with van der Waals surface area (Å²) in [6, 6.07) is 0. The van der Waals surface area contributed by atoms with Crippen molar-refractivity contribution in [2.75, 3.05) is 0 Å². The van der Waals surface area contributed by atoms with Crippen LogP contribution in [0.3, 0.4) is 0 Å². The van der Waals surface area contributed by atoms with Gasteiger partial charge in [0.1, 0.15) is 5.78 Å². The quantitative estimate of drug-likeness (QED) is 0.570. The Kier molecular flexibility index (Phi) is 5.24. The molecular formula is C18H30O. The highest BCUT2D eigenvalue weighted by Crippen LogP contribution is 2.50. The van der Waals surface area contributed by atoms with Gasteiger partial charge in [-0.25, -0.2) is 0 Å². The molecular weight excluding hydrogens is 232 g/mol. The molecule has 0 aromatic rings. The van der Waals surface area contributed by atoms with E-state index in [0.717, 1.165) is 25.7 Å². The van der Waals surface area contributed by atoms with Crippen molar-refractivity contribution < 1.29 is 4.79 Å². The number of unbranched alkanes of at least 4 members (excludes halogenated alkanes) is 2. The Morgan fingerprint density at radius 3 is 2.16 bits per heavy atom. The summed E-state index contributed by atoms with van der Waals surface area (Å²) >= 11 is 0. The summed E-state index contributed by atoms with van der Waals surface area (Å²) in [5.41, 5.74) is 3.26. The molecule has 0 atom stereocenters. The third-order valence-electron chi connectivity index (χ3n) is 5.26. The zero-order valence-corrected chi connectivity index (χ0v) is 12.9. The molecule has 0 aromatic carbocycles. The Morgan fingerprint density at radius 1 is 0.895 bits per heavy atom. The van der Waals surface area contributed by atoms with Gasteiger partial charge in [0.05, 0.1) is 5.41 Å². The van der Waals surface area contributed by atoms with Gasteiger partial charge < -0.3 is 0 Å². The van der Waals surface area contributed by atoms with E-state index in [-0.39, 0.29) is 5.41 Å². The standard InChI is InChI=1S/C18H30O/c1-3-5-13-18(14-6-4-2)16-10-8-7-9-15(16)11-12-17(18)19/h3-14H2,1-2H3. The molecule has 0 amide bonds. The predicted molar refractivity (Wildman–Crippen MR) is 81.2 cm³/mol. The van der Waals surface area contributed by atoms with E-state index in [2.05, 4.69) is 13.8 Å². The molecule has 0 bridgehead atoms. The zero-order valence-electron chi connectivity index (χ0n) is 12.9. The van der Waals surface area contributed by atoms with Crippen LogP contribution in [0.15, 0.2) is 11.1 Å². The minimum absolute atomic E-state index is 0.0278. The highest BCUT2D eigenvalue weighted by atomic mass is 16.1. The SMILES string of the molecule is CCCCC1(CCCC)C(=O)CCC2=C1CCCC2. The van der Waals surface area contributed by atoms with Crippen LogP contribution in [0.1, 0.15) is 90.9 Å². The second-order valence-corrected chi connectivity index (χ2v) is 6.50. The van der Waals surface area contributed by atoms with Crippen LogP contribution in [0.5, 0.6) is 0 Å². The second-order valence-electron chi connectivity index (χ2n) is 6.50. The second kappa shape index (κ2) is 6.72. The van der Waals surface area contributed by atoms with E-state index in [0.29, 0.717) is 5.78 Å². The van der Waals surface area contributed by atoms with Gasteiger partial charge in [0.15, 0.2) is 0 Å². The maximum Gasteiger partial charge on any atom is 0.143 e. The fraction of sp³-hybridized carbons (Fsp3) is 0.833. The van der Waals surface area contributed by atoms with Crippen LogP contribution in [-0.4, -0.2) is 5.78 Å². The maximum atomic E-state index is 12.7. The smallest absolute Gasteiger partial charge is 0.143 e. The van der Waals surface area contributed by atoms with E-state index in [1.807, 2.05) is 0 Å². The fourth-order valence-electron chi connectivity index (χ4n) is 4.16. The van der Waals surface area contributed by atoms with Crippen molar-refractivity contribution >= 4 is 5.78 Å². The highest BCUT2D eigenvalue weighted by Gasteiger charge is 2.43. The van der Waals surface area contributed by atoms with Crippen LogP contribution >= 0.6 is 0 Å². The minimum Gasteiger partial charge on any atom is -0.299 e. The van der Waals surface area contributed by atoms with Gasteiger partial charge >= 0.3 is 0 Å². The van der Waals surface area contributed by atoms with Crippen LogP contribution in [0.4, 0.5) is 0 Å². The summed E-state index contributed by atoms with van der Waals surface area (Å²) in [5, 5.41) is 0. The Morgan fingerprint density at radius 2 is 1.53 bits per heavy atom. The van der Waals surface area contributed by atoms with Crippen molar-refractivity contribution in [2.45, 2.75) is 90.9 Å².